The largest absolute Gasteiger partial charge is 0.324 e. The summed E-state index contributed by atoms with van der Waals surface area (Å²) < 4.78 is 1.94. The SMILES string of the molecule is CCc1nn(CC)c(CC(N)c2ccc(C)c(Cl)c2)c1Cl. The Hall–Kier alpha value is -1.03. The molecular formula is C16H21Cl2N3. The van der Waals surface area contributed by atoms with Crippen molar-refractivity contribution in [3.63, 3.8) is 0 Å². The van der Waals surface area contributed by atoms with Crippen LogP contribution in [0.25, 0.3) is 0 Å². The normalized spacial score (nSPS) is 12.7. The second-order valence-corrected chi connectivity index (χ2v) is 5.98. The van der Waals surface area contributed by atoms with Crippen molar-refractivity contribution in [3.8, 4) is 0 Å². The molecule has 1 unspecified atom stereocenters. The van der Waals surface area contributed by atoms with Gasteiger partial charge in [0.1, 0.15) is 0 Å². The third-order valence-corrected chi connectivity index (χ3v) is 4.57. The summed E-state index contributed by atoms with van der Waals surface area (Å²) >= 11 is 12.6. The molecule has 1 aromatic heterocycles. The van der Waals surface area contributed by atoms with E-state index in [9.17, 15) is 0 Å². The molecule has 3 nitrogen and oxygen atoms in total. The number of hydrogen-bond donors (Lipinski definition) is 1. The quantitative estimate of drug-likeness (QED) is 0.889. The van der Waals surface area contributed by atoms with Crippen LogP contribution < -0.4 is 5.73 Å². The molecule has 0 spiro atoms. The predicted molar refractivity (Wildman–Crippen MR) is 89.1 cm³/mol. The van der Waals surface area contributed by atoms with Gasteiger partial charge in [-0.1, -0.05) is 42.3 Å². The fourth-order valence-electron chi connectivity index (χ4n) is 2.38. The topological polar surface area (TPSA) is 43.8 Å². The average molecular weight is 326 g/mol. The fourth-order valence-corrected chi connectivity index (χ4v) is 2.91. The van der Waals surface area contributed by atoms with Crippen LogP contribution in [-0.2, 0) is 19.4 Å². The van der Waals surface area contributed by atoms with E-state index in [0.717, 1.165) is 45.5 Å². The molecule has 2 aromatic rings. The average Bonchev–Trinajstić information content (AvgIpc) is 2.78. The van der Waals surface area contributed by atoms with Gasteiger partial charge >= 0.3 is 0 Å². The van der Waals surface area contributed by atoms with Gasteiger partial charge in [-0.3, -0.25) is 4.68 Å². The maximum absolute atomic E-state index is 6.43. The fraction of sp³-hybridized carbons (Fsp3) is 0.438. The first kappa shape index (κ1) is 16.3. The molecule has 1 atom stereocenters. The molecule has 2 rings (SSSR count). The predicted octanol–water partition coefficient (Wildman–Crippen LogP) is 4.32. The number of aromatic nitrogens is 2. The van der Waals surface area contributed by atoms with E-state index in [1.54, 1.807) is 0 Å². The Balaban J connectivity index is 2.28. The van der Waals surface area contributed by atoms with Crippen molar-refractivity contribution in [2.75, 3.05) is 0 Å². The van der Waals surface area contributed by atoms with E-state index in [1.807, 2.05) is 29.8 Å². The Morgan fingerprint density at radius 3 is 2.57 bits per heavy atom. The minimum atomic E-state index is -0.146. The molecule has 1 aromatic carbocycles. The van der Waals surface area contributed by atoms with Crippen molar-refractivity contribution in [2.45, 2.75) is 46.2 Å². The van der Waals surface area contributed by atoms with E-state index in [0.29, 0.717) is 6.42 Å². The van der Waals surface area contributed by atoms with Gasteiger partial charge in [-0.25, -0.2) is 0 Å². The van der Waals surface area contributed by atoms with E-state index in [-0.39, 0.29) is 6.04 Å². The van der Waals surface area contributed by atoms with Crippen molar-refractivity contribution < 1.29 is 0 Å². The van der Waals surface area contributed by atoms with E-state index in [4.69, 9.17) is 28.9 Å². The summed E-state index contributed by atoms with van der Waals surface area (Å²) in [5, 5.41) is 6.01. The Kier molecular flexibility index (Phi) is 5.31. The van der Waals surface area contributed by atoms with Gasteiger partial charge in [0.05, 0.1) is 16.4 Å². The number of benzene rings is 1. The van der Waals surface area contributed by atoms with Crippen molar-refractivity contribution in [1.29, 1.82) is 0 Å². The van der Waals surface area contributed by atoms with Gasteiger partial charge in [0.2, 0.25) is 0 Å². The summed E-state index contributed by atoms with van der Waals surface area (Å²) in [6, 6.07) is 5.80. The number of nitrogens with zero attached hydrogens (tertiary/aromatic N) is 2. The van der Waals surface area contributed by atoms with Crippen LogP contribution in [-0.4, -0.2) is 9.78 Å². The first-order chi connectivity index (χ1) is 9.97. The number of rotatable bonds is 5. The van der Waals surface area contributed by atoms with Crippen LogP contribution in [0.2, 0.25) is 10.0 Å². The zero-order valence-corrected chi connectivity index (χ0v) is 14.2. The van der Waals surface area contributed by atoms with Crippen LogP contribution in [0.5, 0.6) is 0 Å². The molecule has 0 aliphatic rings. The molecule has 0 saturated carbocycles. The molecule has 114 valence electrons. The molecular weight excluding hydrogens is 305 g/mol. The summed E-state index contributed by atoms with van der Waals surface area (Å²) in [4.78, 5) is 0. The minimum Gasteiger partial charge on any atom is -0.324 e. The molecule has 5 heteroatoms. The Labute approximate surface area is 136 Å². The van der Waals surface area contributed by atoms with E-state index < -0.39 is 0 Å². The van der Waals surface area contributed by atoms with E-state index in [2.05, 4.69) is 18.9 Å². The van der Waals surface area contributed by atoms with E-state index in [1.165, 1.54) is 0 Å². The molecule has 0 radical (unpaired) electrons. The zero-order chi connectivity index (χ0) is 15.6. The lowest BCUT2D eigenvalue weighted by Crippen LogP contribution is -2.16. The molecule has 0 fully saturated rings. The zero-order valence-electron chi connectivity index (χ0n) is 12.7. The van der Waals surface area contributed by atoms with Crippen molar-refractivity contribution in [3.05, 3.63) is 50.8 Å². The van der Waals surface area contributed by atoms with Gasteiger partial charge < -0.3 is 5.73 Å². The number of nitrogens with two attached hydrogens (primary N) is 1. The Morgan fingerprint density at radius 1 is 1.29 bits per heavy atom. The highest BCUT2D eigenvalue weighted by atomic mass is 35.5. The lowest BCUT2D eigenvalue weighted by Gasteiger charge is -2.14. The van der Waals surface area contributed by atoms with Crippen molar-refractivity contribution >= 4 is 23.2 Å². The van der Waals surface area contributed by atoms with E-state index >= 15 is 0 Å². The van der Waals surface area contributed by atoms with Crippen molar-refractivity contribution in [1.82, 2.24) is 9.78 Å². The maximum atomic E-state index is 6.43. The number of hydrogen-bond acceptors (Lipinski definition) is 2. The smallest absolute Gasteiger partial charge is 0.0850 e. The maximum Gasteiger partial charge on any atom is 0.0850 e. The lowest BCUT2D eigenvalue weighted by molar-refractivity contribution is 0.585. The van der Waals surface area contributed by atoms with Crippen LogP contribution in [0.1, 0.15) is 42.4 Å². The van der Waals surface area contributed by atoms with Crippen molar-refractivity contribution in [2.24, 2.45) is 5.73 Å². The monoisotopic (exact) mass is 325 g/mol. The molecule has 2 N–H and O–H groups in total. The van der Waals surface area contributed by atoms with Gasteiger partial charge in [0.15, 0.2) is 0 Å². The summed E-state index contributed by atoms with van der Waals surface area (Å²) in [5.41, 5.74) is 10.3. The molecule has 21 heavy (non-hydrogen) atoms. The van der Waals surface area contributed by atoms with Crippen LogP contribution >= 0.6 is 23.2 Å². The second kappa shape index (κ2) is 6.82. The molecule has 0 aliphatic carbocycles. The number of aryl methyl sites for hydroxylation is 3. The third kappa shape index (κ3) is 3.42. The summed E-state index contributed by atoms with van der Waals surface area (Å²) in [7, 11) is 0. The summed E-state index contributed by atoms with van der Waals surface area (Å²) in [5.74, 6) is 0. The van der Waals surface area contributed by atoms with Crippen LogP contribution in [0.15, 0.2) is 18.2 Å². The lowest BCUT2D eigenvalue weighted by atomic mass is 10.0. The highest BCUT2D eigenvalue weighted by molar-refractivity contribution is 6.32. The van der Waals surface area contributed by atoms with Gasteiger partial charge in [0, 0.05) is 24.0 Å². The molecule has 0 amide bonds. The molecule has 0 bridgehead atoms. The molecule has 0 aliphatic heterocycles. The van der Waals surface area contributed by atoms with Gasteiger partial charge in [-0.15, -0.1) is 0 Å². The summed E-state index contributed by atoms with van der Waals surface area (Å²) in [6.45, 7) is 6.88. The molecule has 1 heterocycles. The third-order valence-electron chi connectivity index (χ3n) is 3.73. The second-order valence-electron chi connectivity index (χ2n) is 5.20. The van der Waals surface area contributed by atoms with Gasteiger partial charge in [-0.2, -0.15) is 5.10 Å². The van der Waals surface area contributed by atoms with Gasteiger partial charge in [0.25, 0.3) is 0 Å². The highest BCUT2D eigenvalue weighted by Gasteiger charge is 2.18. The Morgan fingerprint density at radius 2 is 2.00 bits per heavy atom. The number of halogens is 2. The first-order valence-electron chi connectivity index (χ1n) is 7.23. The summed E-state index contributed by atoms with van der Waals surface area (Å²) in [6.07, 6.45) is 1.48. The van der Waals surface area contributed by atoms with Crippen LogP contribution in [0.4, 0.5) is 0 Å². The van der Waals surface area contributed by atoms with Gasteiger partial charge in [-0.05, 0) is 37.5 Å². The first-order valence-corrected chi connectivity index (χ1v) is 7.99. The highest BCUT2D eigenvalue weighted by Crippen LogP contribution is 2.27. The van der Waals surface area contributed by atoms with Crippen LogP contribution in [0.3, 0.4) is 0 Å². The standard InChI is InChI=1S/C16H21Cl2N3/c1-4-14-16(18)15(21(5-2)20-14)9-13(19)11-7-6-10(3)12(17)8-11/h6-8,13H,4-5,9,19H2,1-3H3. The van der Waals surface area contributed by atoms with Crippen LogP contribution in [0, 0.1) is 6.92 Å². The Bertz CT molecular complexity index is 635. The molecule has 0 saturated heterocycles. The minimum absolute atomic E-state index is 0.146.